The van der Waals surface area contributed by atoms with Gasteiger partial charge in [0.25, 0.3) is 0 Å². The van der Waals surface area contributed by atoms with Crippen LogP contribution in [0.4, 0.5) is 0 Å². The van der Waals surface area contributed by atoms with Gasteiger partial charge >= 0.3 is 0 Å². The van der Waals surface area contributed by atoms with Crippen LogP contribution in [-0.2, 0) is 4.79 Å². The molecule has 0 radical (unpaired) electrons. The molecule has 1 atom stereocenters. The smallest absolute Gasteiger partial charge is 0.238 e. The van der Waals surface area contributed by atoms with Gasteiger partial charge in [-0.3, -0.25) is 4.79 Å². The molecule has 0 fully saturated rings. The molecule has 3 N–H and O–H groups in total. The number of primary amides is 1. The zero-order valence-corrected chi connectivity index (χ0v) is 7.42. The molecule has 3 nitrogen and oxygen atoms in total. The van der Waals surface area contributed by atoms with E-state index in [0.717, 1.165) is 0 Å². The lowest BCUT2D eigenvalue weighted by atomic mass is 10.1. The number of amides is 1. The molecule has 0 aromatic heterocycles. The average Bonchev–Trinajstić information content (AvgIpc) is 1.88. The molecule has 0 aromatic rings. The molecule has 60 valence electrons. The van der Waals surface area contributed by atoms with Crippen LogP contribution in [0.3, 0.4) is 0 Å². The van der Waals surface area contributed by atoms with Gasteiger partial charge in [0, 0.05) is 5.75 Å². The molecular formula is C6H14N2OS. The van der Waals surface area contributed by atoms with Crippen LogP contribution in [0.5, 0.6) is 0 Å². The zero-order valence-electron chi connectivity index (χ0n) is 6.60. The van der Waals surface area contributed by atoms with E-state index in [-0.39, 0.29) is 5.91 Å². The first-order valence-electron chi connectivity index (χ1n) is 3.04. The van der Waals surface area contributed by atoms with Gasteiger partial charge in [-0.15, -0.1) is 0 Å². The number of nitrogens with one attached hydrogen (secondary N) is 1. The summed E-state index contributed by atoms with van der Waals surface area (Å²) in [6, 6.07) is 0. The molecule has 0 saturated heterocycles. The molecule has 0 heterocycles. The third-order valence-electron chi connectivity index (χ3n) is 1.53. The molecule has 0 aliphatic carbocycles. The molecule has 0 spiro atoms. The van der Waals surface area contributed by atoms with Gasteiger partial charge in [0.05, 0.1) is 0 Å². The van der Waals surface area contributed by atoms with Crippen LogP contribution in [0.1, 0.15) is 6.92 Å². The Labute approximate surface area is 65.7 Å². The van der Waals surface area contributed by atoms with Gasteiger partial charge in [-0.1, -0.05) is 0 Å². The Morgan fingerprint density at radius 2 is 2.30 bits per heavy atom. The topological polar surface area (TPSA) is 55.1 Å². The first-order valence-corrected chi connectivity index (χ1v) is 4.44. The Morgan fingerprint density at radius 3 is 2.40 bits per heavy atom. The second-order valence-electron chi connectivity index (χ2n) is 2.38. The van der Waals surface area contributed by atoms with Crippen LogP contribution in [0.15, 0.2) is 0 Å². The minimum absolute atomic E-state index is 0.302. The third-order valence-corrected chi connectivity index (χ3v) is 2.39. The predicted molar refractivity (Wildman–Crippen MR) is 45.0 cm³/mol. The monoisotopic (exact) mass is 162 g/mol. The molecule has 0 saturated carbocycles. The van der Waals surface area contributed by atoms with Gasteiger partial charge in [-0.05, 0) is 20.2 Å². The van der Waals surface area contributed by atoms with Crippen LogP contribution in [0.25, 0.3) is 0 Å². The lowest BCUT2D eigenvalue weighted by Crippen LogP contribution is -2.53. The van der Waals surface area contributed by atoms with E-state index in [0.29, 0.717) is 5.75 Å². The van der Waals surface area contributed by atoms with E-state index in [1.165, 1.54) is 0 Å². The van der Waals surface area contributed by atoms with Crippen LogP contribution in [0, 0.1) is 0 Å². The van der Waals surface area contributed by atoms with E-state index in [4.69, 9.17) is 5.73 Å². The summed E-state index contributed by atoms with van der Waals surface area (Å²) in [7, 11) is 1.74. The Kier molecular flexibility index (Phi) is 3.75. The van der Waals surface area contributed by atoms with E-state index in [1.54, 1.807) is 25.7 Å². The molecule has 0 rings (SSSR count). The Bertz CT molecular complexity index is 129. The van der Waals surface area contributed by atoms with Crippen LogP contribution >= 0.6 is 11.8 Å². The van der Waals surface area contributed by atoms with E-state index in [9.17, 15) is 4.79 Å². The minimum atomic E-state index is -0.556. The highest BCUT2D eigenvalue weighted by molar-refractivity contribution is 7.98. The molecular weight excluding hydrogens is 148 g/mol. The number of likely N-dealkylation sites (N-methyl/N-ethyl adjacent to an activating group) is 1. The highest BCUT2D eigenvalue weighted by Gasteiger charge is 2.27. The summed E-state index contributed by atoms with van der Waals surface area (Å²) in [5.41, 5.74) is 4.60. The Morgan fingerprint density at radius 1 is 1.80 bits per heavy atom. The van der Waals surface area contributed by atoms with Gasteiger partial charge in [0.15, 0.2) is 0 Å². The van der Waals surface area contributed by atoms with Crippen molar-refractivity contribution in [2.24, 2.45) is 5.73 Å². The SMILES string of the molecule is CNC(C)(CSC)C(N)=O. The lowest BCUT2D eigenvalue weighted by molar-refractivity contribution is -0.122. The molecule has 1 amide bonds. The number of rotatable bonds is 4. The third kappa shape index (κ3) is 2.19. The van der Waals surface area contributed by atoms with Crippen LogP contribution in [0.2, 0.25) is 0 Å². The van der Waals surface area contributed by atoms with Crippen molar-refractivity contribution in [1.29, 1.82) is 0 Å². The normalized spacial score (nSPS) is 16.3. The molecule has 1 unspecified atom stereocenters. The van der Waals surface area contributed by atoms with E-state index in [2.05, 4.69) is 5.32 Å². The van der Waals surface area contributed by atoms with Crippen molar-refractivity contribution in [3.63, 3.8) is 0 Å². The summed E-state index contributed by atoms with van der Waals surface area (Å²) in [5.74, 6) is 0.406. The second-order valence-corrected chi connectivity index (χ2v) is 3.25. The summed E-state index contributed by atoms with van der Waals surface area (Å²) < 4.78 is 0. The average molecular weight is 162 g/mol. The van der Waals surface area contributed by atoms with Crippen molar-refractivity contribution >= 4 is 17.7 Å². The number of hydrogen-bond donors (Lipinski definition) is 2. The van der Waals surface area contributed by atoms with E-state index >= 15 is 0 Å². The fourth-order valence-electron chi connectivity index (χ4n) is 0.555. The van der Waals surface area contributed by atoms with Crippen molar-refractivity contribution in [2.45, 2.75) is 12.5 Å². The number of thioether (sulfide) groups is 1. The fraction of sp³-hybridized carbons (Fsp3) is 0.833. The van der Waals surface area contributed by atoms with Gasteiger partial charge in [0.1, 0.15) is 5.54 Å². The zero-order chi connectivity index (χ0) is 8.20. The predicted octanol–water partition coefficient (Wildman–Crippen LogP) is -0.187. The Hall–Kier alpha value is -0.220. The first-order chi connectivity index (χ1) is 4.56. The van der Waals surface area contributed by atoms with Crippen LogP contribution < -0.4 is 11.1 Å². The molecule has 0 bridgehead atoms. The minimum Gasteiger partial charge on any atom is -0.368 e. The van der Waals surface area contributed by atoms with Crippen molar-refractivity contribution < 1.29 is 4.79 Å². The van der Waals surface area contributed by atoms with Gasteiger partial charge < -0.3 is 11.1 Å². The maximum atomic E-state index is 10.8. The maximum Gasteiger partial charge on any atom is 0.238 e. The quantitative estimate of drug-likeness (QED) is 0.602. The van der Waals surface area contributed by atoms with E-state index < -0.39 is 5.54 Å². The first kappa shape index (κ1) is 9.78. The largest absolute Gasteiger partial charge is 0.368 e. The van der Waals surface area contributed by atoms with Gasteiger partial charge in [-0.25, -0.2) is 0 Å². The molecule has 0 aromatic carbocycles. The highest BCUT2D eigenvalue weighted by Crippen LogP contribution is 2.08. The summed E-state index contributed by atoms with van der Waals surface area (Å²) >= 11 is 1.60. The van der Waals surface area contributed by atoms with Gasteiger partial charge in [0.2, 0.25) is 5.91 Å². The number of carbonyl (C=O) groups is 1. The molecule has 0 aliphatic rings. The van der Waals surface area contributed by atoms with Crippen molar-refractivity contribution in [2.75, 3.05) is 19.1 Å². The van der Waals surface area contributed by atoms with Gasteiger partial charge in [-0.2, -0.15) is 11.8 Å². The van der Waals surface area contributed by atoms with Crippen LogP contribution in [-0.4, -0.2) is 30.5 Å². The highest BCUT2D eigenvalue weighted by atomic mass is 32.2. The molecule has 10 heavy (non-hydrogen) atoms. The summed E-state index contributed by atoms with van der Waals surface area (Å²) in [6.45, 7) is 1.80. The fourth-order valence-corrected chi connectivity index (χ4v) is 1.42. The summed E-state index contributed by atoms with van der Waals surface area (Å²) in [4.78, 5) is 10.8. The van der Waals surface area contributed by atoms with Crippen molar-refractivity contribution in [3.05, 3.63) is 0 Å². The Balaban J connectivity index is 4.08. The summed E-state index contributed by atoms with van der Waals surface area (Å²) in [5, 5.41) is 2.88. The number of carbonyl (C=O) groups excluding carboxylic acids is 1. The van der Waals surface area contributed by atoms with Crippen molar-refractivity contribution in [3.8, 4) is 0 Å². The number of hydrogen-bond acceptors (Lipinski definition) is 3. The standard InChI is InChI=1S/C6H14N2OS/c1-6(8-2,4-10-3)5(7)9/h8H,4H2,1-3H3,(H2,7,9). The summed E-state index contributed by atoms with van der Waals surface area (Å²) in [6.07, 6.45) is 1.94. The maximum absolute atomic E-state index is 10.8. The van der Waals surface area contributed by atoms with E-state index in [1.807, 2.05) is 6.26 Å². The molecule has 4 heteroatoms. The lowest BCUT2D eigenvalue weighted by Gasteiger charge is -2.23. The second kappa shape index (κ2) is 3.83. The molecule has 0 aliphatic heterocycles. The van der Waals surface area contributed by atoms with Crippen molar-refractivity contribution in [1.82, 2.24) is 5.32 Å². The number of nitrogens with two attached hydrogens (primary N) is 1.